The molecule has 0 aromatic heterocycles. The topological polar surface area (TPSA) is 78.9 Å². The van der Waals surface area contributed by atoms with Crippen LogP contribution in [0.4, 0.5) is 10.5 Å². The van der Waals surface area contributed by atoms with Crippen LogP contribution in [0.5, 0.6) is 5.75 Å². The van der Waals surface area contributed by atoms with Gasteiger partial charge in [0.2, 0.25) is 0 Å². The number of carbonyl (C=O) groups excluding carboxylic acids is 1. The van der Waals surface area contributed by atoms with Gasteiger partial charge >= 0.3 is 12.0 Å². The number of amides is 2. The fourth-order valence-corrected chi connectivity index (χ4v) is 3.67. The fraction of sp³-hybridized carbons (Fsp3) is 0.222. The van der Waals surface area contributed by atoms with E-state index in [0.717, 1.165) is 5.56 Å². The van der Waals surface area contributed by atoms with E-state index in [4.69, 9.17) is 21.4 Å². The van der Waals surface area contributed by atoms with E-state index in [1.165, 1.54) is 17.0 Å². The van der Waals surface area contributed by atoms with Gasteiger partial charge in [-0.2, -0.15) is 0 Å². The predicted molar refractivity (Wildman–Crippen MR) is 92.3 cm³/mol. The Bertz CT molecular complexity index is 883. The molecule has 2 amide bonds. The average Bonchev–Trinajstić information content (AvgIpc) is 2.55. The first-order valence-electron chi connectivity index (χ1n) is 7.80. The second-order valence-electron chi connectivity index (χ2n) is 6.35. The first-order valence-corrected chi connectivity index (χ1v) is 8.18. The van der Waals surface area contributed by atoms with Crippen LogP contribution in [0.3, 0.4) is 0 Å². The molecule has 0 radical (unpaired) electrons. The Balaban J connectivity index is 1.75. The van der Waals surface area contributed by atoms with Crippen LogP contribution < -0.4 is 15.0 Å². The van der Waals surface area contributed by atoms with Crippen molar-refractivity contribution in [2.45, 2.75) is 25.1 Å². The highest BCUT2D eigenvalue weighted by atomic mass is 35.5. The summed E-state index contributed by atoms with van der Waals surface area (Å²) >= 11 is 6.06. The van der Waals surface area contributed by atoms with E-state index in [2.05, 4.69) is 5.32 Å². The number of hydrogen-bond donors (Lipinski definition) is 2. The van der Waals surface area contributed by atoms with Gasteiger partial charge < -0.3 is 15.2 Å². The van der Waals surface area contributed by atoms with Gasteiger partial charge in [-0.1, -0.05) is 11.6 Å². The lowest BCUT2D eigenvalue weighted by Gasteiger charge is -2.50. The van der Waals surface area contributed by atoms with Crippen molar-refractivity contribution in [3.63, 3.8) is 0 Å². The molecule has 0 aliphatic carbocycles. The zero-order chi connectivity index (χ0) is 17.8. The molecule has 2 aliphatic rings. The van der Waals surface area contributed by atoms with E-state index in [1.54, 1.807) is 30.3 Å². The first-order chi connectivity index (χ1) is 11.9. The minimum Gasteiger partial charge on any atom is -0.478 e. The smallest absolute Gasteiger partial charge is 0.335 e. The quantitative estimate of drug-likeness (QED) is 0.855. The highest BCUT2D eigenvalue weighted by Crippen LogP contribution is 2.46. The zero-order valence-corrected chi connectivity index (χ0v) is 14.1. The lowest BCUT2D eigenvalue weighted by Crippen LogP contribution is -2.65. The lowest BCUT2D eigenvalue weighted by atomic mass is 9.90. The van der Waals surface area contributed by atoms with Gasteiger partial charge in [-0.05, 0) is 49.4 Å². The number of fused-ring (bicyclic) bond motifs is 4. The van der Waals surface area contributed by atoms with Crippen LogP contribution in [0.1, 0.15) is 35.3 Å². The Morgan fingerprint density at radius 2 is 2.04 bits per heavy atom. The number of urea groups is 1. The van der Waals surface area contributed by atoms with Crippen LogP contribution in [0.15, 0.2) is 42.5 Å². The molecule has 2 aromatic rings. The van der Waals surface area contributed by atoms with E-state index in [0.29, 0.717) is 22.9 Å². The minimum absolute atomic E-state index is 0.161. The molecule has 2 bridgehead atoms. The van der Waals surface area contributed by atoms with Crippen molar-refractivity contribution in [1.82, 2.24) is 5.32 Å². The zero-order valence-electron chi connectivity index (χ0n) is 13.3. The van der Waals surface area contributed by atoms with Gasteiger partial charge in [0.1, 0.15) is 5.75 Å². The number of nitrogens with one attached hydrogen (secondary N) is 1. The maximum absolute atomic E-state index is 12.7. The van der Waals surface area contributed by atoms with Gasteiger partial charge in [-0.3, -0.25) is 4.90 Å². The third-order valence-electron chi connectivity index (χ3n) is 4.61. The summed E-state index contributed by atoms with van der Waals surface area (Å²) < 4.78 is 6.15. The van der Waals surface area contributed by atoms with Crippen molar-refractivity contribution < 1.29 is 19.4 Å². The number of rotatable bonds is 2. The normalized spacial score (nSPS) is 24.2. The number of ether oxygens (including phenoxy) is 1. The van der Waals surface area contributed by atoms with Gasteiger partial charge in [0, 0.05) is 22.7 Å². The molecule has 0 spiro atoms. The number of benzene rings is 2. The molecule has 4 rings (SSSR count). The summed E-state index contributed by atoms with van der Waals surface area (Å²) in [6.07, 6.45) is 0.548. The Labute approximate surface area is 149 Å². The van der Waals surface area contributed by atoms with Crippen LogP contribution >= 0.6 is 11.6 Å². The van der Waals surface area contributed by atoms with E-state index < -0.39 is 11.7 Å². The molecule has 7 heteroatoms. The summed E-state index contributed by atoms with van der Waals surface area (Å²) in [5.41, 5.74) is 0.715. The second kappa shape index (κ2) is 5.39. The highest BCUT2D eigenvalue weighted by molar-refractivity contribution is 6.30. The maximum Gasteiger partial charge on any atom is 0.335 e. The van der Waals surface area contributed by atoms with Crippen LogP contribution in [0, 0.1) is 0 Å². The number of aromatic carboxylic acids is 1. The molecule has 2 aromatic carbocycles. The molecule has 1 fully saturated rings. The van der Waals surface area contributed by atoms with Gasteiger partial charge in [-0.15, -0.1) is 0 Å². The largest absolute Gasteiger partial charge is 0.478 e. The number of halogens is 1. The van der Waals surface area contributed by atoms with Crippen molar-refractivity contribution >= 4 is 29.3 Å². The maximum atomic E-state index is 12.7. The lowest BCUT2D eigenvalue weighted by molar-refractivity contribution is 0.0379. The molecule has 0 saturated carbocycles. The summed E-state index contributed by atoms with van der Waals surface area (Å²) in [4.78, 5) is 25.3. The SMILES string of the molecule is C[C@@]12C[C@@H](NC(=O)N1c1ccc(C(=O)O)cc1)c1cc(Cl)ccc1O2. The Kier molecular flexibility index (Phi) is 3.40. The van der Waals surface area contributed by atoms with E-state index in [-0.39, 0.29) is 17.6 Å². The Morgan fingerprint density at radius 3 is 2.72 bits per heavy atom. The molecule has 2 heterocycles. The van der Waals surface area contributed by atoms with Crippen LogP contribution in [0.25, 0.3) is 0 Å². The number of nitrogens with zero attached hydrogens (tertiary/aromatic N) is 1. The van der Waals surface area contributed by atoms with Crippen LogP contribution in [-0.4, -0.2) is 22.8 Å². The van der Waals surface area contributed by atoms with Gasteiger partial charge in [0.05, 0.1) is 11.6 Å². The molecule has 2 aliphatic heterocycles. The molecule has 6 nitrogen and oxygen atoms in total. The molecule has 25 heavy (non-hydrogen) atoms. The van der Waals surface area contributed by atoms with E-state index in [1.807, 2.05) is 6.92 Å². The van der Waals surface area contributed by atoms with Gasteiger partial charge in [0.15, 0.2) is 5.72 Å². The number of anilines is 1. The first kappa shape index (κ1) is 15.8. The Morgan fingerprint density at radius 1 is 1.32 bits per heavy atom. The summed E-state index contributed by atoms with van der Waals surface area (Å²) in [6, 6.07) is 11.0. The molecule has 2 N–H and O–H groups in total. The molecular formula is C18H15ClN2O4. The summed E-state index contributed by atoms with van der Waals surface area (Å²) in [5.74, 6) is -0.337. The van der Waals surface area contributed by atoms with Crippen molar-refractivity contribution in [1.29, 1.82) is 0 Å². The van der Waals surface area contributed by atoms with E-state index >= 15 is 0 Å². The third-order valence-corrected chi connectivity index (χ3v) is 4.84. The number of hydrogen-bond acceptors (Lipinski definition) is 3. The van der Waals surface area contributed by atoms with Crippen LogP contribution in [0.2, 0.25) is 5.02 Å². The Hall–Kier alpha value is -2.73. The predicted octanol–water partition coefficient (Wildman–Crippen LogP) is 3.81. The monoisotopic (exact) mass is 358 g/mol. The van der Waals surface area contributed by atoms with Gasteiger partial charge in [-0.25, -0.2) is 9.59 Å². The fourth-order valence-electron chi connectivity index (χ4n) is 3.49. The minimum atomic E-state index is -1.01. The summed E-state index contributed by atoms with van der Waals surface area (Å²) in [5, 5.41) is 12.6. The summed E-state index contributed by atoms with van der Waals surface area (Å²) in [6.45, 7) is 1.85. The van der Waals surface area contributed by atoms with Crippen molar-refractivity contribution in [3.8, 4) is 5.75 Å². The average molecular weight is 359 g/mol. The second-order valence-corrected chi connectivity index (χ2v) is 6.79. The molecule has 0 unspecified atom stereocenters. The van der Waals surface area contributed by atoms with Crippen LogP contribution in [-0.2, 0) is 0 Å². The third kappa shape index (κ3) is 2.49. The molecule has 128 valence electrons. The van der Waals surface area contributed by atoms with E-state index in [9.17, 15) is 9.59 Å². The van der Waals surface area contributed by atoms with Crippen molar-refractivity contribution in [2.24, 2.45) is 0 Å². The van der Waals surface area contributed by atoms with Crippen molar-refractivity contribution in [2.75, 3.05) is 4.90 Å². The molecular weight excluding hydrogens is 344 g/mol. The van der Waals surface area contributed by atoms with Gasteiger partial charge in [0.25, 0.3) is 0 Å². The standard InChI is InChI=1S/C18H15ClN2O4/c1-18-9-14(13-8-11(19)4-7-15(13)25-18)20-17(24)21(18)12-5-2-10(3-6-12)16(22)23/h2-8,14H,9H2,1H3,(H,20,24)(H,22,23)/t14-,18-/m1/s1. The number of carboxylic acids is 1. The number of carbonyl (C=O) groups is 2. The highest BCUT2D eigenvalue weighted by Gasteiger charge is 2.49. The molecule has 2 atom stereocenters. The molecule has 1 saturated heterocycles. The number of carboxylic acid groups (broad SMARTS) is 1. The van der Waals surface area contributed by atoms with Crippen molar-refractivity contribution in [3.05, 3.63) is 58.6 Å². The summed E-state index contributed by atoms with van der Waals surface area (Å²) in [7, 11) is 0.